The number of hydrogen-bond acceptors (Lipinski definition) is 7. The summed E-state index contributed by atoms with van der Waals surface area (Å²) in [5.41, 5.74) is -1.69. The highest BCUT2D eigenvalue weighted by Gasteiger charge is 2.40. The summed E-state index contributed by atoms with van der Waals surface area (Å²) in [7, 11) is 0. The van der Waals surface area contributed by atoms with Gasteiger partial charge in [0.1, 0.15) is 6.04 Å². The second-order valence-corrected chi connectivity index (χ2v) is 13.8. The zero-order valence-corrected chi connectivity index (χ0v) is 29.8. The van der Waals surface area contributed by atoms with Crippen molar-refractivity contribution in [1.29, 1.82) is 0 Å². The zero-order chi connectivity index (χ0) is 36.7. The Morgan fingerprint density at radius 3 is 1.55 bits per heavy atom. The largest absolute Gasteiger partial charge is 0.480 e. The molecule has 0 aliphatic carbocycles. The Kier molecular flexibility index (Phi) is 21.8. The van der Waals surface area contributed by atoms with Crippen LogP contribution in [0, 0.1) is 11.3 Å². The topological polar surface area (TPSA) is 207 Å². The van der Waals surface area contributed by atoms with Gasteiger partial charge in [-0.1, -0.05) is 103 Å². The first-order valence-corrected chi connectivity index (χ1v) is 18.4. The number of rotatable bonds is 30. The number of carbonyl (C=O) groups is 7. The molecule has 1 rings (SSSR count). The third-order valence-electron chi connectivity index (χ3n) is 9.42. The van der Waals surface area contributed by atoms with Crippen molar-refractivity contribution in [2.24, 2.45) is 11.3 Å². The lowest BCUT2D eigenvalue weighted by Gasteiger charge is -2.19. The maximum Gasteiger partial charge on any atom is 0.328 e. The molecule has 13 heteroatoms. The second kappa shape index (κ2) is 24.6. The van der Waals surface area contributed by atoms with Gasteiger partial charge in [0.25, 0.3) is 0 Å². The van der Waals surface area contributed by atoms with Crippen LogP contribution in [0.25, 0.3) is 0 Å². The Morgan fingerprint density at radius 1 is 0.694 bits per heavy atom. The van der Waals surface area contributed by atoms with Crippen LogP contribution in [-0.2, 0) is 33.6 Å². The van der Waals surface area contributed by atoms with Crippen LogP contribution in [0.4, 0.5) is 0 Å². The second-order valence-electron chi connectivity index (χ2n) is 13.8. The molecular weight excluding hydrogens is 634 g/mol. The number of unbranched alkanes of at least 4 members (excludes halogenated alkanes) is 16. The number of amides is 4. The third-order valence-corrected chi connectivity index (χ3v) is 9.42. The highest BCUT2D eigenvalue weighted by molar-refractivity contribution is 6.03. The summed E-state index contributed by atoms with van der Waals surface area (Å²) < 4.78 is 0. The van der Waals surface area contributed by atoms with E-state index < -0.39 is 29.4 Å². The Labute approximate surface area is 291 Å². The van der Waals surface area contributed by atoms with Crippen LogP contribution in [0.15, 0.2) is 0 Å². The minimum atomic E-state index is -1.69. The lowest BCUT2D eigenvalue weighted by atomic mass is 9.85. The van der Waals surface area contributed by atoms with Crippen molar-refractivity contribution in [2.45, 2.75) is 161 Å². The molecule has 1 fully saturated rings. The number of likely N-dealkylation sites (tertiary alicyclic amines) is 1. The third kappa shape index (κ3) is 18.2. The van der Waals surface area contributed by atoms with E-state index in [0.717, 1.165) is 51.4 Å². The fourth-order valence-corrected chi connectivity index (χ4v) is 5.95. The molecule has 0 saturated carbocycles. The van der Waals surface area contributed by atoms with E-state index in [1.165, 1.54) is 43.9 Å². The Balaban J connectivity index is 1.97. The maximum atomic E-state index is 12.3. The van der Waals surface area contributed by atoms with Crippen LogP contribution in [0.5, 0.6) is 0 Å². The molecule has 1 heterocycles. The van der Waals surface area contributed by atoms with Crippen LogP contribution in [0.2, 0.25) is 0 Å². The van der Waals surface area contributed by atoms with Gasteiger partial charge < -0.3 is 26.0 Å². The molecule has 0 aromatic rings. The van der Waals surface area contributed by atoms with Gasteiger partial charge in [0.15, 0.2) is 5.41 Å². The first-order valence-electron chi connectivity index (χ1n) is 18.4. The average molecular weight is 696 g/mol. The number of nitrogens with one attached hydrogen (secondary N) is 2. The molecule has 0 bridgehead atoms. The highest BCUT2D eigenvalue weighted by atomic mass is 16.4. The maximum absolute atomic E-state index is 12.3. The van der Waals surface area contributed by atoms with E-state index in [2.05, 4.69) is 10.6 Å². The van der Waals surface area contributed by atoms with Gasteiger partial charge in [0.2, 0.25) is 23.6 Å². The van der Waals surface area contributed by atoms with E-state index in [1.807, 2.05) is 0 Å². The molecule has 1 aliphatic heterocycles. The van der Waals surface area contributed by atoms with Gasteiger partial charge in [-0.2, -0.15) is 0 Å². The van der Waals surface area contributed by atoms with Crippen LogP contribution < -0.4 is 10.6 Å². The molecule has 1 aliphatic rings. The normalized spacial score (nSPS) is 15.3. The van der Waals surface area contributed by atoms with E-state index >= 15 is 0 Å². The van der Waals surface area contributed by atoms with Crippen molar-refractivity contribution >= 4 is 41.5 Å². The molecule has 1 saturated heterocycles. The van der Waals surface area contributed by atoms with Gasteiger partial charge in [-0.05, 0) is 32.6 Å². The quantitative estimate of drug-likeness (QED) is 0.0365. The van der Waals surface area contributed by atoms with Gasteiger partial charge in [-0.15, -0.1) is 0 Å². The fourth-order valence-electron chi connectivity index (χ4n) is 5.95. The monoisotopic (exact) mass is 695 g/mol. The first-order chi connectivity index (χ1) is 23.3. The molecule has 0 spiro atoms. The summed E-state index contributed by atoms with van der Waals surface area (Å²) in [5, 5.41) is 32.8. The van der Waals surface area contributed by atoms with Crippen molar-refractivity contribution in [3.05, 3.63) is 0 Å². The standard InChI is InChI=1S/C36H61N3O10/c1-27-25-31(42)39(32(27)43)24-20-16-18-21-29(40)37-26-28(33(44)45)38-30(41)22-17-14-12-10-8-6-4-3-5-7-9-11-13-15-19-23-36(2,34(46)47)35(48)49/h27-28H,3-26H2,1-2H3,(H,37,40)(H,38,41)(H,44,45)(H,46,47)(H,48,49). The predicted molar refractivity (Wildman–Crippen MR) is 183 cm³/mol. The van der Waals surface area contributed by atoms with Crippen molar-refractivity contribution < 1.29 is 48.9 Å². The number of carbonyl (C=O) groups excluding carboxylic acids is 4. The summed E-state index contributed by atoms with van der Waals surface area (Å²) >= 11 is 0. The molecule has 0 aromatic heterocycles. The zero-order valence-electron chi connectivity index (χ0n) is 29.8. The highest BCUT2D eigenvalue weighted by Crippen LogP contribution is 2.26. The molecule has 13 nitrogen and oxygen atoms in total. The number of carboxylic acid groups (broad SMARTS) is 3. The summed E-state index contributed by atoms with van der Waals surface area (Å²) in [5.74, 6) is -4.99. The summed E-state index contributed by atoms with van der Waals surface area (Å²) in [6.45, 7) is 3.16. The Hall–Kier alpha value is -3.51. The average Bonchev–Trinajstić information content (AvgIpc) is 3.29. The SMILES string of the molecule is CC1CC(=O)N(CCCCCC(=O)NCC(NC(=O)CCCCCCCCCCCCCCCCCC(C)(C(=O)O)C(=O)O)C(=O)O)C1=O. The predicted octanol–water partition coefficient (Wildman–Crippen LogP) is 5.43. The van der Waals surface area contributed by atoms with Crippen molar-refractivity contribution in [2.75, 3.05) is 13.1 Å². The molecular formula is C36H61N3O10. The van der Waals surface area contributed by atoms with Gasteiger partial charge in [-0.3, -0.25) is 33.7 Å². The summed E-state index contributed by atoms with van der Waals surface area (Å²) in [6.07, 6.45) is 18.1. The van der Waals surface area contributed by atoms with E-state index in [-0.39, 0.29) is 61.8 Å². The molecule has 0 aromatic carbocycles. The van der Waals surface area contributed by atoms with E-state index in [1.54, 1.807) is 6.92 Å². The summed E-state index contributed by atoms with van der Waals surface area (Å²) in [4.78, 5) is 83.4. The lowest BCUT2D eigenvalue weighted by molar-refractivity contribution is -0.164. The Morgan fingerprint density at radius 2 is 1.12 bits per heavy atom. The molecule has 49 heavy (non-hydrogen) atoms. The van der Waals surface area contributed by atoms with Gasteiger partial charge >= 0.3 is 17.9 Å². The summed E-state index contributed by atoms with van der Waals surface area (Å²) in [6, 6.07) is -1.20. The molecule has 2 atom stereocenters. The fraction of sp³-hybridized carbons (Fsp3) is 0.806. The number of hydrogen-bond donors (Lipinski definition) is 5. The molecule has 0 radical (unpaired) electrons. The van der Waals surface area contributed by atoms with E-state index in [0.29, 0.717) is 38.6 Å². The van der Waals surface area contributed by atoms with Crippen LogP contribution in [0.3, 0.4) is 0 Å². The van der Waals surface area contributed by atoms with E-state index in [4.69, 9.17) is 10.2 Å². The van der Waals surface area contributed by atoms with Gasteiger partial charge in [0.05, 0.1) is 0 Å². The van der Waals surface area contributed by atoms with Crippen molar-refractivity contribution in [3.63, 3.8) is 0 Å². The number of aliphatic carboxylic acids is 3. The molecule has 4 amide bonds. The minimum Gasteiger partial charge on any atom is -0.480 e. The number of carboxylic acids is 3. The van der Waals surface area contributed by atoms with Crippen LogP contribution in [-0.4, -0.2) is 80.9 Å². The van der Waals surface area contributed by atoms with Crippen LogP contribution in [0.1, 0.15) is 155 Å². The lowest BCUT2D eigenvalue weighted by Crippen LogP contribution is -2.48. The van der Waals surface area contributed by atoms with Crippen molar-refractivity contribution in [3.8, 4) is 0 Å². The first kappa shape index (κ1) is 43.5. The minimum absolute atomic E-state index is 0.148. The molecule has 2 unspecified atom stereocenters. The molecule has 5 N–H and O–H groups in total. The smallest absolute Gasteiger partial charge is 0.328 e. The number of imide groups is 1. The van der Waals surface area contributed by atoms with Gasteiger partial charge in [-0.25, -0.2) is 4.79 Å². The molecule has 280 valence electrons. The Bertz CT molecular complexity index is 1070. The van der Waals surface area contributed by atoms with Crippen LogP contribution >= 0.6 is 0 Å². The van der Waals surface area contributed by atoms with E-state index in [9.17, 15) is 38.7 Å². The van der Waals surface area contributed by atoms with Crippen molar-refractivity contribution in [1.82, 2.24) is 15.5 Å². The van der Waals surface area contributed by atoms with Gasteiger partial charge in [0, 0.05) is 38.3 Å². The number of nitrogens with zero attached hydrogens (tertiary/aromatic N) is 1.